The maximum atomic E-state index is 13.0. The van der Waals surface area contributed by atoms with Gasteiger partial charge in [-0.2, -0.15) is 0 Å². The number of carbonyl (C=O) groups excluding carboxylic acids is 3. The quantitative estimate of drug-likeness (QED) is 0.475. The number of anilines is 1. The van der Waals surface area contributed by atoms with Crippen LogP contribution in [-0.4, -0.2) is 24.9 Å². The highest BCUT2D eigenvalue weighted by atomic mass is 16.5. The fourth-order valence-corrected chi connectivity index (χ4v) is 5.20. The molecule has 5 rings (SSSR count). The number of nitrogens with zero attached hydrogens (tertiary/aromatic N) is 1. The van der Waals surface area contributed by atoms with Gasteiger partial charge >= 0.3 is 5.97 Å². The van der Waals surface area contributed by atoms with E-state index < -0.39 is 5.97 Å². The van der Waals surface area contributed by atoms with E-state index in [1.165, 1.54) is 12.0 Å². The average molecular weight is 323 g/mol. The summed E-state index contributed by atoms with van der Waals surface area (Å²) >= 11 is 0. The fraction of sp³-hybridized carbons (Fsp3) is 0.421. The predicted molar refractivity (Wildman–Crippen MR) is 85.0 cm³/mol. The van der Waals surface area contributed by atoms with Gasteiger partial charge in [0.2, 0.25) is 11.8 Å². The van der Waals surface area contributed by atoms with Crippen molar-refractivity contribution in [2.75, 3.05) is 12.0 Å². The lowest BCUT2D eigenvalue weighted by Crippen LogP contribution is -2.34. The van der Waals surface area contributed by atoms with Gasteiger partial charge in [0.15, 0.2) is 0 Å². The maximum Gasteiger partial charge on any atom is 0.337 e. The Morgan fingerprint density at radius 1 is 1.04 bits per heavy atom. The molecule has 2 saturated carbocycles. The van der Waals surface area contributed by atoms with Gasteiger partial charge in [0.1, 0.15) is 0 Å². The third-order valence-corrected chi connectivity index (χ3v) is 6.40. The van der Waals surface area contributed by atoms with Gasteiger partial charge in [-0.3, -0.25) is 14.5 Å². The van der Waals surface area contributed by atoms with Crippen LogP contribution in [0.3, 0.4) is 0 Å². The number of hydrogen-bond acceptors (Lipinski definition) is 4. The smallest absolute Gasteiger partial charge is 0.337 e. The zero-order valence-corrected chi connectivity index (χ0v) is 13.3. The Morgan fingerprint density at radius 2 is 1.58 bits per heavy atom. The van der Waals surface area contributed by atoms with Crippen molar-refractivity contribution in [1.82, 2.24) is 0 Å². The first-order valence-electron chi connectivity index (χ1n) is 8.33. The molecule has 1 aliphatic heterocycles. The maximum absolute atomic E-state index is 13.0. The molecule has 1 spiro atoms. The second-order valence-electron chi connectivity index (χ2n) is 7.27. The van der Waals surface area contributed by atoms with Gasteiger partial charge in [-0.1, -0.05) is 12.2 Å². The summed E-state index contributed by atoms with van der Waals surface area (Å²) in [6, 6.07) is 6.47. The predicted octanol–water partition coefficient (Wildman–Crippen LogP) is 2.17. The zero-order chi connectivity index (χ0) is 16.6. The van der Waals surface area contributed by atoms with Gasteiger partial charge in [-0.05, 0) is 54.4 Å². The summed E-state index contributed by atoms with van der Waals surface area (Å²) in [6.07, 6.45) is 6.59. The minimum absolute atomic E-state index is 0.0843. The van der Waals surface area contributed by atoms with Crippen LogP contribution in [0.25, 0.3) is 0 Å². The van der Waals surface area contributed by atoms with Crippen LogP contribution in [0.15, 0.2) is 36.4 Å². The monoisotopic (exact) mass is 323 g/mol. The number of amides is 2. The van der Waals surface area contributed by atoms with Crippen molar-refractivity contribution in [1.29, 1.82) is 0 Å². The summed E-state index contributed by atoms with van der Waals surface area (Å²) < 4.78 is 4.68. The molecule has 1 aromatic carbocycles. The number of fused-ring (bicyclic) bond motifs is 3. The van der Waals surface area contributed by atoms with Gasteiger partial charge in [-0.15, -0.1) is 0 Å². The number of hydrogen-bond donors (Lipinski definition) is 0. The molecule has 5 nitrogen and oxygen atoms in total. The van der Waals surface area contributed by atoms with Crippen molar-refractivity contribution in [2.45, 2.75) is 12.8 Å². The summed E-state index contributed by atoms with van der Waals surface area (Å²) in [5, 5.41) is 0. The molecule has 3 fully saturated rings. The lowest BCUT2D eigenvalue weighted by Gasteiger charge is -2.21. The Bertz CT molecular complexity index is 771. The first kappa shape index (κ1) is 14.0. The molecule has 0 aromatic heterocycles. The second-order valence-corrected chi connectivity index (χ2v) is 7.27. The van der Waals surface area contributed by atoms with Crippen molar-refractivity contribution in [2.24, 2.45) is 29.1 Å². The summed E-state index contributed by atoms with van der Waals surface area (Å²) in [6.45, 7) is 0. The molecule has 2 bridgehead atoms. The number of rotatable bonds is 2. The summed E-state index contributed by atoms with van der Waals surface area (Å²) in [5.41, 5.74) is 1.15. The highest BCUT2D eigenvalue weighted by Gasteiger charge is 2.73. The number of methoxy groups -OCH3 is 1. The summed E-state index contributed by atoms with van der Waals surface area (Å²) in [5.74, 6) is -0.551. The Labute approximate surface area is 139 Å². The molecule has 1 aromatic rings. The van der Waals surface area contributed by atoms with E-state index in [-0.39, 0.29) is 40.9 Å². The molecule has 3 aliphatic carbocycles. The van der Waals surface area contributed by atoms with Crippen LogP contribution in [-0.2, 0) is 14.3 Å². The lowest BCUT2D eigenvalue weighted by molar-refractivity contribution is -0.123. The Hall–Kier alpha value is -2.43. The van der Waals surface area contributed by atoms with Crippen molar-refractivity contribution < 1.29 is 19.1 Å². The molecule has 5 heteroatoms. The standard InChI is InChI=1S/C19H17NO4/c1-24-18(23)10-2-4-11(5-3-10)20-16(21)14-12-6-7-13(15(14)17(20)22)19(12)8-9-19/h2-7,12-15H,8-9H2,1H3/t12-,13+,14+,15-. The van der Waals surface area contributed by atoms with Gasteiger partial charge in [0.25, 0.3) is 0 Å². The molecular weight excluding hydrogens is 306 g/mol. The van der Waals surface area contributed by atoms with E-state index in [0.29, 0.717) is 11.3 Å². The Kier molecular flexibility index (Phi) is 2.53. The molecule has 0 N–H and O–H groups in total. The SMILES string of the molecule is COC(=O)c1ccc(N2C(=O)[C@@H]3[C@H](C2=O)[C@@H]2C=C[C@H]3C23CC3)cc1. The lowest BCUT2D eigenvalue weighted by atomic mass is 9.85. The largest absolute Gasteiger partial charge is 0.465 e. The summed E-state index contributed by atoms with van der Waals surface area (Å²) in [7, 11) is 1.32. The van der Waals surface area contributed by atoms with E-state index >= 15 is 0 Å². The number of benzene rings is 1. The highest BCUT2D eigenvalue weighted by molar-refractivity contribution is 6.23. The Morgan fingerprint density at radius 3 is 2.04 bits per heavy atom. The Balaban J connectivity index is 1.48. The third kappa shape index (κ3) is 1.48. The van der Waals surface area contributed by atoms with E-state index in [2.05, 4.69) is 16.9 Å². The van der Waals surface area contributed by atoms with Crippen LogP contribution in [0.2, 0.25) is 0 Å². The van der Waals surface area contributed by atoms with E-state index in [0.717, 1.165) is 12.8 Å². The molecule has 122 valence electrons. The number of carbonyl (C=O) groups is 3. The molecule has 0 unspecified atom stereocenters. The van der Waals surface area contributed by atoms with Gasteiger partial charge in [0, 0.05) is 0 Å². The van der Waals surface area contributed by atoms with E-state index in [4.69, 9.17) is 0 Å². The summed E-state index contributed by atoms with van der Waals surface area (Å²) in [4.78, 5) is 38.8. The van der Waals surface area contributed by atoms with Crippen LogP contribution in [0.1, 0.15) is 23.2 Å². The van der Waals surface area contributed by atoms with E-state index in [9.17, 15) is 14.4 Å². The van der Waals surface area contributed by atoms with Gasteiger partial charge in [-0.25, -0.2) is 4.79 Å². The molecule has 1 heterocycles. The zero-order valence-electron chi connectivity index (χ0n) is 13.3. The number of esters is 1. The van der Waals surface area contributed by atoms with Crippen LogP contribution in [0, 0.1) is 29.1 Å². The first-order valence-corrected chi connectivity index (χ1v) is 8.33. The normalized spacial score (nSPS) is 34.1. The minimum atomic E-state index is -0.435. The molecule has 4 atom stereocenters. The van der Waals surface area contributed by atoms with E-state index in [1.54, 1.807) is 24.3 Å². The van der Waals surface area contributed by atoms with Crippen LogP contribution in [0.5, 0.6) is 0 Å². The second kappa shape index (κ2) is 4.35. The van der Waals surface area contributed by atoms with Gasteiger partial charge < -0.3 is 4.74 Å². The molecule has 4 aliphatic rings. The van der Waals surface area contributed by atoms with Crippen molar-refractivity contribution in [3.8, 4) is 0 Å². The molecular formula is C19H17NO4. The number of imide groups is 1. The first-order chi connectivity index (χ1) is 11.6. The van der Waals surface area contributed by atoms with Crippen LogP contribution in [0.4, 0.5) is 5.69 Å². The molecule has 24 heavy (non-hydrogen) atoms. The van der Waals surface area contributed by atoms with E-state index in [1.807, 2.05) is 0 Å². The average Bonchev–Trinajstić information content (AvgIpc) is 3.20. The molecule has 2 amide bonds. The van der Waals surface area contributed by atoms with Crippen LogP contribution >= 0.6 is 0 Å². The molecule has 0 radical (unpaired) electrons. The van der Waals surface area contributed by atoms with Gasteiger partial charge in [0.05, 0.1) is 30.2 Å². The number of allylic oxidation sites excluding steroid dienone is 2. The van der Waals surface area contributed by atoms with Crippen molar-refractivity contribution in [3.05, 3.63) is 42.0 Å². The van der Waals surface area contributed by atoms with Crippen molar-refractivity contribution in [3.63, 3.8) is 0 Å². The topological polar surface area (TPSA) is 63.7 Å². The van der Waals surface area contributed by atoms with Crippen LogP contribution < -0.4 is 4.90 Å². The minimum Gasteiger partial charge on any atom is -0.465 e. The van der Waals surface area contributed by atoms with Crippen molar-refractivity contribution >= 4 is 23.5 Å². The molecule has 1 saturated heterocycles. The number of ether oxygens (including phenoxy) is 1. The fourth-order valence-electron chi connectivity index (χ4n) is 5.20. The third-order valence-electron chi connectivity index (χ3n) is 6.40. The highest BCUT2D eigenvalue weighted by Crippen LogP contribution is 2.73.